The van der Waals surface area contributed by atoms with Crippen molar-refractivity contribution < 1.29 is 9.59 Å². The summed E-state index contributed by atoms with van der Waals surface area (Å²) in [5.41, 5.74) is 0.0519. The fourth-order valence-electron chi connectivity index (χ4n) is 1.64. The van der Waals surface area contributed by atoms with Gasteiger partial charge in [0.1, 0.15) is 0 Å². The molecule has 5 nitrogen and oxygen atoms in total. The van der Waals surface area contributed by atoms with Crippen LogP contribution in [0.4, 0.5) is 4.79 Å². The Labute approximate surface area is 103 Å². The van der Waals surface area contributed by atoms with Gasteiger partial charge in [-0.1, -0.05) is 20.8 Å². The number of nitrogens with one attached hydrogen (secondary N) is 2. The molecule has 0 aromatic rings. The number of hydrogen-bond acceptors (Lipinski definition) is 2. The molecular formula is C12H23N3O2. The van der Waals surface area contributed by atoms with Gasteiger partial charge in [-0.05, 0) is 18.3 Å². The van der Waals surface area contributed by atoms with Gasteiger partial charge < -0.3 is 15.5 Å². The van der Waals surface area contributed by atoms with Crippen LogP contribution in [0.15, 0.2) is 0 Å². The topological polar surface area (TPSA) is 61.4 Å². The van der Waals surface area contributed by atoms with E-state index in [2.05, 4.69) is 10.6 Å². The van der Waals surface area contributed by atoms with Gasteiger partial charge in [0.25, 0.3) is 0 Å². The molecule has 0 atom stereocenters. The van der Waals surface area contributed by atoms with E-state index >= 15 is 0 Å². The van der Waals surface area contributed by atoms with Crippen molar-refractivity contribution in [3.63, 3.8) is 0 Å². The van der Waals surface area contributed by atoms with Crippen LogP contribution in [0.25, 0.3) is 0 Å². The van der Waals surface area contributed by atoms with Gasteiger partial charge >= 0.3 is 6.03 Å². The minimum Gasteiger partial charge on any atom is -0.341 e. The molecule has 1 aliphatic heterocycles. The maximum Gasteiger partial charge on any atom is 0.315 e. The lowest BCUT2D eigenvalue weighted by Gasteiger charge is -2.19. The van der Waals surface area contributed by atoms with Crippen LogP contribution in [0.1, 0.15) is 33.6 Å². The van der Waals surface area contributed by atoms with Crippen LogP contribution in [0, 0.1) is 5.41 Å². The zero-order valence-electron chi connectivity index (χ0n) is 11.0. The summed E-state index contributed by atoms with van der Waals surface area (Å²) in [4.78, 5) is 24.8. The van der Waals surface area contributed by atoms with Crippen molar-refractivity contribution in [1.82, 2.24) is 15.5 Å². The van der Waals surface area contributed by atoms with Crippen LogP contribution >= 0.6 is 0 Å². The highest BCUT2D eigenvalue weighted by molar-refractivity contribution is 5.84. The van der Waals surface area contributed by atoms with E-state index < -0.39 is 0 Å². The molecule has 1 rings (SSSR count). The Hall–Kier alpha value is -1.26. The lowest BCUT2D eigenvalue weighted by molar-refractivity contribution is -0.128. The standard InChI is InChI=1S/C12H23N3O2/c1-12(2,3)9-14-11(17)13-8-10(16)15-6-4-5-7-15/h4-9H2,1-3H3,(H2,13,14,17). The normalized spacial score (nSPS) is 15.8. The highest BCUT2D eigenvalue weighted by Gasteiger charge is 2.18. The third kappa shape index (κ3) is 5.56. The maximum absolute atomic E-state index is 11.6. The Morgan fingerprint density at radius 3 is 2.24 bits per heavy atom. The number of likely N-dealkylation sites (tertiary alicyclic amines) is 1. The average molecular weight is 241 g/mol. The molecule has 0 radical (unpaired) electrons. The van der Waals surface area contributed by atoms with Gasteiger partial charge in [0.15, 0.2) is 0 Å². The largest absolute Gasteiger partial charge is 0.341 e. The second-order valence-corrected chi connectivity index (χ2v) is 5.68. The molecule has 0 aromatic heterocycles. The highest BCUT2D eigenvalue weighted by Crippen LogP contribution is 2.10. The molecule has 0 aliphatic carbocycles. The zero-order chi connectivity index (χ0) is 12.9. The Balaban J connectivity index is 2.17. The summed E-state index contributed by atoms with van der Waals surface area (Å²) in [6, 6.07) is -0.271. The molecule has 0 spiro atoms. The number of urea groups is 1. The molecule has 1 aliphatic rings. The summed E-state index contributed by atoms with van der Waals surface area (Å²) in [5, 5.41) is 5.34. The molecule has 5 heteroatoms. The summed E-state index contributed by atoms with van der Waals surface area (Å²) in [6.45, 7) is 8.47. The Bertz CT molecular complexity index is 278. The van der Waals surface area contributed by atoms with Gasteiger partial charge in [-0.2, -0.15) is 0 Å². The van der Waals surface area contributed by atoms with Crippen molar-refractivity contribution in [2.24, 2.45) is 5.41 Å². The highest BCUT2D eigenvalue weighted by atomic mass is 16.2. The summed E-state index contributed by atoms with van der Waals surface area (Å²) in [5.74, 6) is 0.00779. The molecular weight excluding hydrogens is 218 g/mol. The second-order valence-electron chi connectivity index (χ2n) is 5.68. The number of amides is 3. The maximum atomic E-state index is 11.6. The van der Waals surface area contributed by atoms with E-state index in [4.69, 9.17) is 0 Å². The minimum atomic E-state index is -0.271. The molecule has 0 saturated carbocycles. The molecule has 0 bridgehead atoms. The summed E-state index contributed by atoms with van der Waals surface area (Å²) < 4.78 is 0. The molecule has 0 aromatic carbocycles. The van der Waals surface area contributed by atoms with E-state index in [-0.39, 0.29) is 23.9 Å². The molecule has 98 valence electrons. The van der Waals surface area contributed by atoms with Crippen LogP contribution in [0.2, 0.25) is 0 Å². The van der Waals surface area contributed by atoms with E-state index in [1.165, 1.54) is 0 Å². The molecule has 3 amide bonds. The fraction of sp³-hybridized carbons (Fsp3) is 0.833. The Morgan fingerprint density at radius 2 is 1.71 bits per heavy atom. The number of carbonyl (C=O) groups excluding carboxylic acids is 2. The van der Waals surface area contributed by atoms with Crippen molar-refractivity contribution >= 4 is 11.9 Å². The van der Waals surface area contributed by atoms with E-state index in [0.717, 1.165) is 25.9 Å². The Kier molecular flexibility index (Phi) is 4.78. The third-order valence-electron chi connectivity index (χ3n) is 2.64. The van der Waals surface area contributed by atoms with Crippen LogP contribution in [0.3, 0.4) is 0 Å². The number of hydrogen-bond donors (Lipinski definition) is 2. The summed E-state index contributed by atoms with van der Waals surface area (Å²) >= 11 is 0. The Morgan fingerprint density at radius 1 is 1.12 bits per heavy atom. The lowest BCUT2D eigenvalue weighted by atomic mass is 9.97. The third-order valence-corrected chi connectivity index (χ3v) is 2.64. The lowest BCUT2D eigenvalue weighted by Crippen LogP contribution is -2.44. The smallest absolute Gasteiger partial charge is 0.315 e. The van der Waals surface area contributed by atoms with Crippen LogP contribution in [-0.4, -0.2) is 43.0 Å². The SMILES string of the molecule is CC(C)(C)CNC(=O)NCC(=O)N1CCCC1. The molecule has 1 saturated heterocycles. The first kappa shape index (κ1) is 13.8. The van der Waals surface area contributed by atoms with Crippen molar-refractivity contribution in [3.8, 4) is 0 Å². The molecule has 1 fully saturated rings. The summed E-state index contributed by atoms with van der Waals surface area (Å²) in [7, 11) is 0. The predicted molar refractivity (Wildman–Crippen MR) is 66.7 cm³/mol. The number of carbonyl (C=O) groups is 2. The predicted octanol–water partition coefficient (Wildman–Crippen LogP) is 0.954. The van der Waals surface area contributed by atoms with Crippen LogP contribution in [0.5, 0.6) is 0 Å². The van der Waals surface area contributed by atoms with E-state index in [1.807, 2.05) is 20.8 Å². The minimum absolute atomic E-state index is 0.00779. The first-order valence-corrected chi connectivity index (χ1v) is 6.18. The van der Waals surface area contributed by atoms with Gasteiger partial charge in [0, 0.05) is 19.6 Å². The van der Waals surface area contributed by atoms with Gasteiger partial charge in [0.05, 0.1) is 6.54 Å². The van der Waals surface area contributed by atoms with E-state index in [0.29, 0.717) is 6.54 Å². The quantitative estimate of drug-likeness (QED) is 0.773. The van der Waals surface area contributed by atoms with Crippen molar-refractivity contribution in [1.29, 1.82) is 0 Å². The van der Waals surface area contributed by atoms with Crippen molar-refractivity contribution in [2.75, 3.05) is 26.2 Å². The van der Waals surface area contributed by atoms with E-state index in [9.17, 15) is 9.59 Å². The monoisotopic (exact) mass is 241 g/mol. The van der Waals surface area contributed by atoms with Crippen molar-refractivity contribution in [3.05, 3.63) is 0 Å². The number of nitrogens with zero attached hydrogens (tertiary/aromatic N) is 1. The molecule has 2 N–H and O–H groups in total. The molecule has 1 heterocycles. The molecule has 17 heavy (non-hydrogen) atoms. The van der Waals surface area contributed by atoms with Gasteiger partial charge in [-0.3, -0.25) is 4.79 Å². The zero-order valence-corrected chi connectivity index (χ0v) is 11.0. The molecule has 0 unspecified atom stereocenters. The van der Waals surface area contributed by atoms with Crippen LogP contribution < -0.4 is 10.6 Å². The van der Waals surface area contributed by atoms with Crippen molar-refractivity contribution in [2.45, 2.75) is 33.6 Å². The van der Waals surface area contributed by atoms with Gasteiger partial charge in [0.2, 0.25) is 5.91 Å². The average Bonchev–Trinajstić information content (AvgIpc) is 2.75. The first-order chi connectivity index (χ1) is 7.88. The number of rotatable bonds is 3. The second kappa shape index (κ2) is 5.89. The first-order valence-electron chi connectivity index (χ1n) is 6.18. The van der Waals surface area contributed by atoms with E-state index in [1.54, 1.807) is 4.90 Å². The summed E-state index contributed by atoms with van der Waals surface area (Å²) in [6.07, 6.45) is 2.14. The van der Waals surface area contributed by atoms with Gasteiger partial charge in [-0.25, -0.2) is 4.79 Å². The fourth-order valence-corrected chi connectivity index (χ4v) is 1.64. The van der Waals surface area contributed by atoms with Crippen LogP contribution in [-0.2, 0) is 4.79 Å². The van der Waals surface area contributed by atoms with Gasteiger partial charge in [-0.15, -0.1) is 0 Å².